The average Bonchev–Trinajstić information content (AvgIpc) is 2.27. The molecule has 0 saturated carbocycles. The van der Waals surface area contributed by atoms with Crippen LogP contribution in [0.4, 0.5) is 0 Å². The molecule has 1 aliphatic carbocycles. The minimum Gasteiger partial charge on any atom is -0.478 e. The molecule has 94 valence electrons. The third-order valence-corrected chi connectivity index (χ3v) is 3.51. The molecule has 0 radical (unpaired) electrons. The summed E-state index contributed by atoms with van der Waals surface area (Å²) in [7, 11) is 0. The lowest BCUT2D eigenvalue weighted by molar-refractivity contribution is -0.133. The summed E-state index contributed by atoms with van der Waals surface area (Å²) in [4.78, 5) is 10.4. The Hall–Kier alpha value is -1.54. The molecule has 0 heterocycles. The number of hydrogen-bond acceptors (Lipinski definition) is 1. The summed E-state index contributed by atoms with van der Waals surface area (Å²) in [6.07, 6.45) is 2.44. The van der Waals surface area contributed by atoms with Gasteiger partial charge in [0.15, 0.2) is 0 Å². The number of benzene rings is 1. The van der Waals surface area contributed by atoms with E-state index in [2.05, 4.69) is 0 Å². The van der Waals surface area contributed by atoms with Crippen LogP contribution >= 0.6 is 11.6 Å². The van der Waals surface area contributed by atoms with Crippen LogP contribution in [0.5, 0.6) is 0 Å². The van der Waals surface area contributed by atoms with Crippen LogP contribution in [0, 0.1) is 0 Å². The van der Waals surface area contributed by atoms with Gasteiger partial charge in [-0.25, -0.2) is 4.79 Å². The van der Waals surface area contributed by atoms with Crippen molar-refractivity contribution in [2.75, 3.05) is 0 Å². The molecule has 1 aromatic rings. The quantitative estimate of drug-likeness (QED) is 0.822. The van der Waals surface area contributed by atoms with Crippen molar-refractivity contribution in [3.63, 3.8) is 0 Å². The van der Waals surface area contributed by atoms with E-state index in [4.69, 9.17) is 11.6 Å². The van der Waals surface area contributed by atoms with E-state index in [0.29, 0.717) is 12.0 Å². The molecule has 0 saturated heterocycles. The second kappa shape index (κ2) is 4.62. The first-order valence-electron chi connectivity index (χ1n) is 5.81. The summed E-state index contributed by atoms with van der Waals surface area (Å²) < 4.78 is 0. The van der Waals surface area contributed by atoms with Gasteiger partial charge in [0.2, 0.25) is 0 Å². The number of aliphatic carboxylic acids is 1. The van der Waals surface area contributed by atoms with Gasteiger partial charge in [0.25, 0.3) is 0 Å². The van der Waals surface area contributed by atoms with Gasteiger partial charge in [-0.15, -0.1) is 11.6 Å². The summed E-state index contributed by atoms with van der Waals surface area (Å²) in [6, 6.07) is 9.91. The monoisotopic (exact) mass is 262 g/mol. The number of alkyl halides is 1. The molecule has 0 fully saturated rings. The topological polar surface area (TPSA) is 37.3 Å². The summed E-state index contributed by atoms with van der Waals surface area (Å²) in [5.41, 5.74) is 3.19. The van der Waals surface area contributed by atoms with Crippen molar-refractivity contribution < 1.29 is 9.90 Å². The molecule has 0 amide bonds. The standard InChI is InChI=1S/C15H15ClO2/c1-10-8-12(11-6-4-3-5-7-11)9-15(2,16)13(10)14(17)18/h3-8H,9H2,1-2H3,(H,17,18). The Morgan fingerprint density at radius 2 is 1.94 bits per heavy atom. The fourth-order valence-corrected chi connectivity index (χ4v) is 2.84. The Labute approximate surface area is 112 Å². The van der Waals surface area contributed by atoms with Crippen molar-refractivity contribution in [2.45, 2.75) is 25.1 Å². The maximum atomic E-state index is 11.3. The Kier molecular flexibility index (Phi) is 3.31. The molecule has 0 bridgehead atoms. The highest BCUT2D eigenvalue weighted by Gasteiger charge is 2.36. The minimum atomic E-state index is -0.937. The average molecular weight is 263 g/mol. The molecular formula is C15H15ClO2. The maximum absolute atomic E-state index is 11.3. The predicted molar refractivity (Wildman–Crippen MR) is 73.6 cm³/mol. The molecule has 0 aromatic heterocycles. The number of carboxylic acid groups (broad SMARTS) is 1. The lowest BCUT2D eigenvalue weighted by atomic mass is 9.81. The first-order valence-corrected chi connectivity index (χ1v) is 6.19. The smallest absolute Gasteiger partial charge is 0.333 e. The number of carbonyl (C=O) groups is 1. The van der Waals surface area contributed by atoms with Crippen LogP contribution < -0.4 is 0 Å². The van der Waals surface area contributed by atoms with Crippen LogP contribution in [-0.4, -0.2) is 16.0 Å². The lowest BCUT2D eigenvalue weighted by Crippen LogP contribution is -2.29. The Morgan fingerprint density at radius 3 is 2.44 bits per heavy atom. The highest BCUT2D eigenvalue weighted by molar-refractivity contribution is 6.29. The van der Waals surface area contributed by atoms with Gasteiger partial charge in [-0.1, -0.05) is 36.4 Å². The van der Waals surface area contributed by atoms with Crippen molar-refractivity contribution in [2.24, 2.45) is 0 Å². The van der Waals surface area contributed by atoms with E-state index in [0.717, 1.165) is 16.7 Å². The van der Waals surface area contributed by atoms with Crippen molar-refractivity contribution in [3.8, 4) is 0 Å². The zero-order valence-corrected chi connectivity index (χ0v) is 11.2. The van der Waals surface area contributed by atoms with Gasteiger partial charge in [0.1, 0.15) is 0 Å². The molecule has 0 spiro atoms. The maximum Gasteiger partial charge on any atom is 0.333 e. The molecule has 1 aromatic carbocycles. The van der Waals surface area contributed by atoms with E-state index in [-0.39, 0.29) is 0 Å². The first kappa shape index (κ1) is 12.9. The summed E-state index contributed by atoms with van der Waals surface area (Å²) >= 11 is 6.39. The van der Waals surface area contributed by atoms with E-state index >= 15 is 0 Å². The van der Waals surface area contributed by atoms with Crippen LogP contribution in [-0.2, 0) is 4.79 Å². The molecule has 1 atom stereocenters. The second-order valence-electron chi connectivity index (χ2n) is 4.77. The van der Waals surface area contributed by atoms with Crippen LogP contribution in [0.2, 0.25) is 0 Å². The van der Waals surface area contributed by atoms with E-state index in [1.54, 1.807) is 13.8 Å². The highest BCUT2D eigenvalue weighted by atomic mass is 35.5. The van der Waals surface area contributed by atoms with Crippen LogP contribution in [0.3, 0.4) is 0 Å². The molecule has 1 unspecified atom stereocenters. The summed E-state index contributed by atoms with van der Waals surface area (Å²) in [5, 5.41) is 9.23. The molecule has 3 heteroatoms. The Morgan fingerprint density at radius 1 is 1.33 bits per heavy atom. The van der Waals surface area contributed by atoms with Gasteiger partial charge in [-0.05, 0) is 37.0 Å². The van der Waals surface area contributed by atoms with Gasteiger partial charge in [-0.3, -0.25) is 0 Å². The van der Waals surface area contributed by atoms with Crippen molar-refractivity contribution in [1.82, 2.24) is 0 Å². The second-order valence-corrected chi connectivity index (χ2v) is 5.61. The van der Waals surface area contributed by atoms with Gasteiger partial charge in [-0.2, -0.15) is 0 Å². The van der Waals surface area contributed by atoms with Crippen molar-refractivity contribution in [3.05, 3.63) is 53.1 Å². The zero-order chi connectivity index (χ0) is 13.3. The molecule has 2 nitrogen and oxygen atoms in total. The third kappa shape index (κ3) is 2.34. The lowest BCUT2D eigenvalue weighted by Gasteiger charge is -2.30. The molecule has 18 heavy (non-hydrogen) atoms. The molecule has 2 rings (SSSR count). The Bertz CT molecular complexity index is 539. The van der Waals surface area contributed by atoms with E-state index < -0.39 is 10.8 Å². The highest BCUT2D eigenvalue weighted by Crippen LogP contribution is 2.41. The normalized spacial score (nSPS) is 23.8. The summed E-state index contributed by atoms with van der Waals surface area (Å²) in [5.74, 6) is -0.937. The molecule has 1 aliphatic rings. The molecule has 1 N–H and O–H groups in total. The molecule has 0 aliphatic heterocycles. The Balaban J connectivity index is 2.50. The van der Waals surface area contributed by atoms with E-state index in [1.807, 2.05) is 36.4 Å². The number of rotatable bonds is 2. The largest absolute Gasteiger partial charge is 0.478 e. The van der Waals surface area contributed by atoms with Gasteiger partial charge in [0.05, 0.1) is 10.4 Å². The van der Waals surface area contributed by atoms with E-state index in [9.17, 15) is 9.90 Å². The number of allylic oxidation sites excluding steroid dienone is 3. The SMILES string of the molecule is CC1=C(C(=O)O)C(C)(Cl)CC(c2ccccc2)=C1. The van der Waals surface area contributed by atoms with Gasteiger partial charge < -0.3 is 5.11 Å². The van der Waals surface area contributed by atoms with Crippen LogP contribution in [0.15, 0.2) is 47.6 Å². The first-order chi connectivity index (χ1) is 8.42. The fourth-order valence-electron chi connectivity index (χ4n) is 2.47. The number of hydrogen-bond donors (Lipinski definition) is 1. The van der Waals surface area contributed by atoms with E-state index in [1.165, 1.54) is 0 Å². The van der Waals surface area contributed by atoms with Crippen LogP contribution in [0.25, 0.3) is 5.57 Å². The fraction of sp³-hybridized carbons (Fsp3) is 0.267. The summed E-state index contributed by atoms with van der Waals surface area (Å²) in [6.45, 7) is 3.56. The predicted octanol–water partition coefficient (Wildman–Crippen LogP) is 3.87. The van der Waals surface area contributed by atoms with Crippen molar-refractivity contribution in [1.29, 1.82) is 0 Å². The van der Waals surface area contributed by atoms with Gasteiger partial charge >= 0.3 is 5.97 Å². The van der Waals surface area contributed by atoms with Crippen molar-refractivity contribution >= 4 is 23.1 Å². The number of halogens is 1. The minimum absolute atomic E-state index is 0.295. The number of carboxylic acids is 1. The van der Waals surface area contributed by atoms with Crippen LogP contribution in [0.1, 0.15) is 25.8 Å². The van der Waals surface area contributed by atoms with Gasteiger partial charge in [0, 0.05) is 0 Å². The molecular weight excluding hydrogens is 248 g/mol. The zero-order valence-electron chi connectivity index (χ0n) is 10.4. The third-order valence-electron chi connectivity index (χ3n) is 3.19.